The molecule has 2 rings (SSSR count). The van der Waals surface area contributed by atoms with E-state index in [1.807, 2.05) is 13.8 Å². The maximum Gasteiger partial charge on any atom is 0.285 e. The van der Waals surface area contributed by atoms with E-state index in [1.165, 1.54) is 16.8 Å². The number of aromatic nitrogens is 2. The third kappa shape index (κ3) is 2.64. The molecule has 1 atom stereocenters. The Morgan fingerprint density at radius 2 is 2.00 bits per heavy atom. The van der Waals surface area contributed by atoms with Crippen molar-refractivity contribution in [2.75, 3.05) is 0 Å². The van der Waals surface area contributed by atoms with E-state index in [0.29, 0.717) is 0 Å². The van der Waals surface area contributed by atoms with Crippen LogP contribution >= 0.6 is 0 Å². The highest BCUT2D eigenvalue weighted by atomic mass is 16.6. The average molecular weight is 301 g/mol. The SMILES string of the molecule is CCC(C)c1c(C)nn(C(=O)c2ccccc2[N+](=O)[O-])c1C. The maximum atomic E-state index is 12.7. The topological polar surface area (TPSA) is 78.0 Å². The van der Waals surface area contributed by atoms with Crippen molar-refractivity contribution in [3.05, 3.63) is 56.9 Å². The Morgan fingerprint density at radius 3 is 2.59 bits per heavy atom. The minimum absolute atomic E-state index is 0.0498. The van der Waals surface area contributed by atoms with E-state index < -0.39 is 10.8 Å². The molecular weight excluding hydrogens is 282 g/mol. The minimum atomic E-state index is -0.547. The molecule has 0 radical (unpaired) electrons. The highest BCUT2D eigenvalue weighted by molar-refractivity contribution is 5.99. The second kappa shape index (κ2) is 6.09. The van der Waals surface area contributed by atoms with Crippen molar-refractivity contribution in [2.45, 2.75) is 40.0 Å². The molecule has 116 valence electrons. The normalized spacial score (nSPS) is 12.2. The van der Waals surface area contributed by atoms with Crippen LogP contribution in [0.25, 0.3) is 0 Å². The van der Waals surface area contributed by atoms with Gasteiger partial charge in [-0.15, -0.1) is 0 Å². The van der Waals surface area contributed by atoms with Crippen molar-refractivity contribution >= 4 is 11.6 Å². The number of hydrogen-bond acceptors (Lipinski definition) is 4. The summed E-state index contributed by atoms with van der Waals surface area (Å²) in [5.41, 5.74) is 2.42. The first-order valence-corrected chi connectivity index (χ1v) is 7.22. The molecule has 0 amide bonds. The summed E-state index contributed by atoms with van der Waals surface area (Å²) in [6, 6.07) is 5.94. The van der Waals surface area contributed by atoms with Gasteiger partial charge in [-0.2, -0.15) is 5.10 Å². The first kappa shape index (κ1) is 15.9. The lowest BCUT2D eigenvalue weighted by molar-refractivity contribution is -0.385. The molecule has 6 heteroatoms. The third-order valence-corrected chi connectivity index (χ3v) is 3.98. The Morgan fingerprint density at radius 1 is 1.36 bits per heavy atom. The van der Waals surface area contributed by atoms with Crippen LogP contribution in [0.2, 0.25) is 0 Å². The fraction of sp³-hybridized carbons (Fsp3) is 0.375. The van der Waals surface area contributed by atoms with Gasteiger partial charge in [0.25, 0.3) is 11.6 Å². The molecule has 6 nitrogen and oxygen atoms in total. The highest BCUT2D eigenvalue weighted by Crippen LogP contribution is 2.27. The summed E-state index contributed by atoms with van der Waals surface area (Å²) < 4.78 is 1.28. The van der Waals surface area contributed by atoms with E-state index in [2.05, 4.69) is 18.9 Å². The number of benzene rings is 1. The molecule has 0 fully saturated rings. The second-order valence-electron chi connectivity index (χ2n) is 5.39. The number of carbonyl (C=O) groups is 1. The number of aryl methyl sites for hydroxylation is 1. The molecule has 0 aliphatic heterocycles. The minimum Gasteiger partial charge on any atom is -0.266 e. The van der Waals surface area contributed by atoms with Crippen LogP contribution in [0.3, 0.4) is 0 Å². The number of nitro groups is 1. The lowest BCUT2D eigenvalue weighted by Gasteiger charge is -2.09. The van der Waals surface area contributed by atoms with Crippen molar-refractivity contribution < 1.29 is 9.72 Å². The van der Waals surface area contributed by atoms with Crippen molar-refractivity contribution in [3.63, 3.8) is 0 Å². The summed E-state index contributed by atoms with van der Waals surface area (Å²) in [6.07, 6.45) is 0.938. The molecule has 0 bridgehead atoms. The molecule has 0 aliphatic carbocycles. The predicted molar refractivity (Wildman–Crippen MR) is 83.2 cm³/mol. The van der Waals surface area contributed by atoms with Crippen LogP contribution in [-0.2, 0) is 0 Å². The largest absolute Gasteiger partial charge is 0.285 e. The van der Waals surface area contributed by atoms with Gasteiger partial charge < -0.3 is 0 Å². The van der Waals surface area contributed by atoms with E-state index in [0.717, 1.165) is 23.4 Å². The zero-order valence-electron chi connectivity index (χ0n) is 13.2. The van der Waals surface area contributed by atoms with Gasteiger partial charge >= 0.3 is 0 Å². The van der Waals surface area contributed by atoms with Gasteiger partial charge in [0.1, 0.15) is 5.56 Å². The molecule has 1 aromatic carbocycles. The summed E-state index contributed by atoms with van der Waals surface area (Å²) in [4.78, 5) is 23.2. The highest BCUT2D eigenvalue weighted by Gasteiger charge is 2.25. The Hall–Kier alpha value is -2.50. The van der Waals surface area contributed by atoms with Gasteiger partial charge in [-0.25, -0.2) is 4.68 Å². The van der Waals surface area contributed by atoms with E-state index in [-0.39, 0.29) is 17.2 Å². The Balaban J connectivity index is 2.54. The van der Waals surface area contributed by atoms with E-state index in [9.17, 15) is 14.9 Å². The van der Waals surface area contributed by atoms with Crippen LogP contribution < -0.4 is 0 Å². The smallest absolute Gasteiger partial charge is 0.266 e. The monoisotopic (exact) mass is 301 g/mol. The van der Waals surface area contributed by atoms with Crippen LogP contribution in [0.15, 0.2) is 24.3 Å². The molecule has 0 N–H and O–H groups in total. The molecule has 0 aliphatic rings. The molecule has 2 aromatic rings. The Labute approximate surface area is 128 Å². The Bertz CT molecular complexity index is 734. The van der Waals surface area contributed by atoms with Gasteiger partial charge in [-0.3, -0.25) is 14.9 Å². The van der Waals surface area contributed by atoms with Crippen LogP contribution in [0, 0.1) is 24.0 Å². The first-order chi connectivity index (χ1) is 10.4. The molecule has 1 unspecified atom stereocenters. The van der Waals surface area contributed by atoms with Crippen LogP contribution in [-0.4, -0.2) is 20.6 Å². The van der Waals surface area contributed by atoms with Crippen molar-refractivity contribution in [3.8, 4) is 0 Å². The molecule has 0 saturated heterocycles. The number of hydrogen-bond donors (Lipinski definition) is 0. The summed E-state index contributed by atoms with van der Waals surface area (Å²) in [7, 11) is 0. The van der Waals surface area contributed by atoms with Gasteiger partial charge in [0.2, 0.25) is 0 Å². The van der Waals surface area contributed by atoms with E-state index in [4.69, 9.17) is 0 Å². The fourth-order valence-corrected chi connectivity index (χ4v) is 2.70. The standard InChI is InChI=1S/C16H19N3O3/c1-5-10(2)15-11(3)17-18(12(15)4)16(20)13-8-6-7-9-14(13)19(21)22/h6-10H,5H2,1-4H3. The molecule has 0 saturated carbocycles. The quantitative estimate of drug-likeness (QED) is 0.638. The number of nitrogens with zero attached hydrogens (tertiary/aromatic N) is 3. The van der Waals surface area contributed by atoms with Crippen LogP contribution in [0.4, 0.5) is 5.69 Å². The number of nitro benzene ring substituents is 1. The lowest BCUT2D eigenvalue weighted by atomic mass is 9.97. The lowest BCUT2D eigenvalue weighted by Crippen LogP contribution is -2.17. The fourth-order valence-electron chi connectivity index (χ4n) is 2.70. The van der Waals surface area contributed by atoms with Crippen molar-refractivity contribution in [1.29, 1.82) is 0 Å². The molecule has 1 heterocycles. The number of para-hydroxylation sites is 1. The summed E-state index contributed by atoms with van der Waals surface area (Å²) in [5.74, 6) is -0.185. The van der Waals surface area contributed by atoms with E-state index in [1.54, 1.807) is 12.1 Å². The Kier molecular flexibility index (Phi) is 4.40. The van der Waals surface area contributed by atoms with Gasteiger partial charge in [0.15, 0.2) is 0 Å². The first-order valence-electron chi connectivity index (χ1n) is 7.22. The number of rotatable bonds is 4. The zero-order valence-corrected chi connectivity index (χ0v) is 13.2. The summed E-state index contributed by atoms with van der Waals surface area (Å²) >= 11 is 0. The second-order valence-corrected chi connectivity index (χ2v) is 5.39. The molecule has 1 aromatic heterocycles. The van der Waals surface area contributed by atoms with Crippen molar-refractivity contribution in [2.24, 2.45) is 0 Å². The van der Waals surface area contributed by atoms with Gasteiger partial charge in [-0.1, -0.05) is 26.0 Å². The predicted octanol–water partition coefficient (Wildman–Crippen LogP) is 3.61. The summed E-state index contributed by atoms with van der Waals surface area (Å²) in [5, 5.41) is 15.4. The summed E-state index contributed by atoms with van der Waals surface area (Å²) in [6.45, 7) is 7.84. The molecule has 0 spiro atoms. The van der Waals surface area contributed by atoms with Gasteiger partial charge in [0, 0.05) is 11.8 Å². The van der Waals surface area contributed by atoms with Gasteiger partial charge in [-0.05, 0) is 37.8 Å². The van der Waals surface area contributed by atoms with Gasteiger partial charge in [0.05, 0.1) is 10.6 Å². The number of carbonyl (C=O) groups excluding carboxylic acids is 1. The third-order valence-electron chi connectivity index (χ3n) is 3.98. The molecular formula is C16H19N3O3. The van der Waals surface area contributed by atoms with E-state index >= 15 is 0 Å². The van der Waals surface area contributed by atoms with Crippen LogP contribution in [0.5, 0.6) is 0 Å². The average Bonchev–Trinajstić information content (AvgIpc) is 2.80. The maximum absolute atomic E-state index is 12.7. The zero-order chi connectivity index (χ0) is 16.4. The van der Waals surface area contributed by atoms with Crippen molar-refractivity contribution in [1.82, 2.24) is 9.78 Å². The molecule has 22 heavy (non-hydrogen) atoms. The van der Waals surface area contributed by atoms with Crippen LogP contribution in [0.1, 0.15) is 53.5 Å².